The molecule has 5 nitrogen and oxygen atoms in total. The van der Waals surface area contributed by atoms with Crippen molar-refractivity contribution in [2.45, 2.75) is 13.5 Å². The molecule has 3 aromatic carbocycles. The van der Waals surface area contributed by atoms with Gasteiger partial charge in [0.25, 0.3) is 11.8 Å². The van der Waals surface area contributed by atoms with Gasteiger partial charge in [0, 0.05) is 6.54 Å². The fourth-order valence-corrected chi connectivity index (χ4v) is 2.70. The summed E-state index contributed by atoms with van der Waals surface area (Å²) in [5.74, 6) is 0.0493. The van der Waals surface area contributed by atoms with Crippen LogP contribution in [-0.4, -0.2) is 18.4 Å². The molecule has 0 aliphatic carbocycles. The second kappa shape index (κ2) is 9.37. The predicted molar refractivity (Wildman–Crippen MR) is 109 cm³/mol. The third-order valence-electron chi connectivity index (χ3n) is 4.10. The van der Waals surface area contributed by atoms with Crippen molar-refractivity contribution in [3.63, 3.8) is 0 Å². The third kappa shape index (κ3) is 5.45. The average Bonchev–Trinajstić information content (AvgIpc) is 2.72. The zero-order chi connectivity index (χ0) is 19.8. The first-order valence-corrected chi connectivity index (χ1v) is 9.02. The molecule has 0 fully saturated rings. The summed E-state index contributed by atoms with van der Waals surface area (Å²) in [6.07, 6.45) is 0. The van der Waals surface area contributed by atoms with E-state index in [0.717, 1.165) is 11.1 Å². The Labute approximate surface area is 164 Å². The first kappa shape index (κ1) is 19.2. The van der Waals surface area contributed by atoms with Gasteiger partial charge in [0.2, 0.25) is 0 Å². The van der Waals surface area contributed by atoms with Crippen molar-refractivity contribution in [1.29, 1.82) is 0 Å². The van der Waals surface area contributed by atoms with Gasteiger partial charge in [-0.2, -0.15) is 0 Å². The fourth-order valence-electron chi connectivity index (χ4n) is 2.70. The summed E-state index contributed by atoms with van der Waals surface area (Å²) in [5.41, 5.74) is 2.91. The Morgan fingerprint density at radius 2 is 1.64 bits per heavy atom. The fraction of sp³-hybridized carbons (Fsp3) is 0.130. The van der Waals surface area contributed by atoms with E-state index in [9.17, 15) is 9.59 Å². The van der Waals surface area contributed by atoms with Crippen LogP contribution < -0.4 is 15.4 Å². The van der Waals surface area contributed by atoms with Crippen LogP contribution in [0.5, 0.6) is 5.75 Å². The zero-order valence-electron chi connectivity index (χ0n) is 15.6. The molecule has 2 N–H and O–H groups in total. The van der Waals surface area contributed by atoms with Gasteiger partial charge in [0.1, 0.15) is 5.75 Å². The predicted octanol–water partition coefficient (Wildman–Crippen LogP) is 3.94. The SMILES string of the molecule is Cc1cccc(OCC(=O)Nc2ccccc2C(=O)NCc2ccccc2)c1. The standard InChI is InChI=1S/C23H22N2O3/c1-17-8-7-11-19(14-17)28-16-22(26)25-21-13-6-5-12-20(21)23(27)24-15-18-9-3-2-4-10-18/h2-14H,15-16H2,1H3,(H,24,27)(H,25,26). The lowest BCUT2D eigenvalue weighted by molar-refractivity contribution is -0.118. The number of aryl methyl sites for hydroxylation is 1. The minimum Gasteiger partial charge on any atom is -0.484 e. The van der Waals surface area contributed by atoms with Crippen LogP contribution in [0.1, 0.15) is 21.5 Å². The van der Waals surface area contributed by atoms with Crippen molar-refractivity contribution < 1.29 is 14.3 Å². The Balaban J connectivity index is 1.59. The molecule has 0 saturated heterocycles. The summed E-state index contributed by atoms with van der Waals surface area (Å²) in [5, 5.41) is 5.62. The van der Waals surface area contributed by atoms with Crippen molar-refractivity contribution in [2.24, 2.45) is 0 Å². The number of para-hydroxylation sites is 1. The third-order valence-corrected chi connectivity index (χ3v) is 4.10. The van der Waals surface area contributed by atoms with Crippen LogP contribution in [0, 0.1) is 6.92 Å². The van der Waals surface area contributed by atoms with Crippen LogP contribution in [0.2, 0.25) is 0 Å². The first-order valence-electron chi connectivity index (χ1n) is 9.02. The van der Waals surface area contributed by atoms with Gasteiger partial charge in [-0.1, -0.05) is 54.6 Å². The molecule has 0 aromatic heterocycles. The van der Waals surface area contributed by atoms with Gasteiger partial charge >= 0.3 is 0 Å². The topological polar surface area (TPSA) is 67.4 Å². The minimum atomic E-state index is -0.329. The van der Waals surface area contributed by atoms with E-state index in [1.165, 1.54) is 0 Å². The van der Waals surface area contributed by atoms with Gasteiger partial charge in [-0.3, -0.25) is 9.59 Å². The Morgan fingerprint density at radius 1 is 0.893 bits per heavy atom. The molecule has 0 heterocycles. The smallest absolute Gasteiger partial charge is 0.262 e. The summed E-state index contributed by atoms with van der Waals surface area (Å²) in [4.78, 5) is 24.8. The maximum atomic E-state index is 12.5. The van der Waals surface area contributed by atoms with E-state index in [1.54, 1.807) is 30.3 Å². The van der Waals surface area contributed by atoms with E-state index in [-0.39, 0.29) is 18.4 Å². The number of benzene rings is 3. The maximum Gasteiger partial charge on any atom is 0.262 e. The lowest BCUT2D eigenvalue weighted by atomic mass is 10.1. The molecular formula is C23H22N2O3. The van der Waals surface area contributed by atoms with Crippen molar-refractivity contribution >= 4 is 17.5 Å². The number of rotatable bonds is 7. The van der Waals surface area contributed by atoms with Gasteiger partial charge in [0.05, 0.1) is 11.3 Å². The number of carbonyl (C=O) groups excluding carboxylic acids is 2. The molecule has 0 spiro atoms. The highest BCUT2D eigenvalue weighted by Gasteiger charge is 2.13. The number of hydrogen-bond donors (Lipinski definition) is 2. The van der Waals surface area contributed by atoms with Crippen LogP contribution in [0.15, 0.2) is 78.9 Å². The summed E-state index contributed by atoms with van der Waals surface area (Å²) < 4.78 is 5.51. The Kier molecular flexibility index (Phi) is 6.41. The molecule has 3 aromatic rings. The lowest BCUT2D eigenvalue weighted by Crippen LogP contribution is -2.26. The zero-order valence-corrected chi connectivity index (χ0v) is 15.6. The van der Waals surface area contributed by atoms with E-state index in [4.69, 9.17) is 4.74 Å². The van der Waals surface area contributed by atoms with Crippen molar-refractivity contribution in [3.05, 3.63) is 95.6 Å². The highest BCUT2D eigenvalue weighted by molar-refractivity contribution is 6.04. The van der Waals surface area contributed by atoms with Crippen LogP contribution >= 0.6 is 0 Å². The van der Waals surface area contributed by atoms with Gasteiger partial charge in [-0.25, -0.2) is 0 Å². The van der Waals surface area contributed by atoms with E-state index in [2.05, 4.69) is 10.6 Å². The molecule has 28 heavy (non-hydrogen) atoms. The maximum absolute atomic E-state index is 12.5. The number of anilines is 1. The number of nitrogens with one attached hydrogen (secondary N) is 2. The van der Waals surface area contributed by atoms with Gasteiger partial charge in [-0.15, -0.1) is 0 Å². The molecule has 142 valence electrons. The molecule has 0 aliphatic rings. The van der Waals surface area contributed by atoms with Gasteiger partial charge in [-0.05, 0) is 42.3 Å². The number of carbonyl (C=O) groups is 2. The molecule has 5 heteroatoms. The lowest BCUT2D eigenvalue weighted by Gasteiger charge is -2.12. The molecule has 0 unspecified atom stereocenters. The minimum absolute atomic E-state index is 0.135. The summed E-state index contributed by atoms with van der Waals surface area (Å²) >= 11 is 0. The molecule has 0 bridgehead atoms. The Hall–Kier alpha value is -3.60. The molecule has 0 atom stereocenters. The second-order valence-corrected chi connectivity index (χ2v) is 6.37. The number of amides is 2. The Bertz CT molecular complexity index is 955. The quantitative estimate of drug-likeness (QED) is 0.658. The summed E-state index contributed by atoms with van der Waals surface area (Å²) in [7, 11) is 0. The molecule has 0 aliphatic heterocycles. The van der Waals surface area contributed by atoms with Crippen LogP contribution in [0.4, 0.5) is 5.69 Å². The largest absolute Gasteiger partial charge is 0.484 e. The summed E-state index contributed by atoms with van der Waals surface area (Å²) in [6, 6.07) is 24.0. The van der Waals surface area contributed by atoms with Crippen molar-refractivity contribution in [2.75, 3.05) is 11.9 Å². The van der Waals surface area contributed by atoms with E-state index in [1.807, 2.05) is 55.5 Å². The number of ether oxygens (including phenoxy) is 1. The molecule has 2 amide bonds. The molecule has 3 rings (SSSR count). The first-order chi connectivity index (χ1) is 13.6. The number of hydrogen-bond acceptors (Lipinski definition) is 3. The van der Waals surface area contributed by atoms with Crippen LogP contribution in [0.25, 0.3) is 0 Å². The highest BCUT2D eigenvalue weighted by atomic mass is 16.5. The van der Waals surface area contributed by atoms with E-state index >= 15 is 0 Å². The van der Waals surface area contributed by atoms with Crippen LogP contribution in [-0.2, 0) is 11.3 Å². The second-order valence-electron chi connectivity index (χ2n) is 6.37. The van der Waals surface area contributed by atoms with Crippen LogP contribution in [0.3, 0.4) is 0 Å². The summed E-state index contributed by atoms with van der Waals surface area (Å²) in [6.45, 7) is 2.24. The molecule has 0 radical (unpaired) electrons. The van der Waals surface area contributed by atoms with Gasteiger partial charge in [0.15, 0.2) is 6.61 Å². The van der Waals surface area contributed by atoms with Crippen molar-refractivity contribution in [3.8, 4) is 5.75 Å². The monoisotopic (exact) mass is 374 g/mol. The van der Waals surface area contributed by atoms with Gasteiger partial charge < -0.3 is 15.4 Å². The molecular weight excluding hydrogens is 352 g/mol. The Morgan fingerprint density at radius 3 is 2.43 bits per heavy atom. The normalized spacial score (nSPS) is 10.2. The molecule has 0 saturated carbocycles. The average molecular weight is 374 g/mol. The van der Waals surface area contributed by atoms with E-state index < -0.39 is 0 Å². The van der Waals surface area contributed by atoms with Crippen molar-refractivity contribution in [1.82, 2.24) is 5.32 Å². The van der Waals surface area contributed by atoms with E-state index in [0.29, 0.717) is 23.5 Å². The highest BCUT2D eigenvalue weighted by Crippen LogP contribution is 2.16.